The standard InChI is InChI=1S/C18H16N4O2/c23-15-10-8-14(9-11-15)20-17-16(7-4-12-19-17)22-18(24)21-13-5-2-1-3-6-13/h1-12,23H,(H,19,20)(H2,21,22,24). The number of hydrogen-bond acceptors (Lipinski definition) is 4. The van der Waals surface area contributed by atoms with E-state index in [0.29, 0.717) is 17.2 Å². The summed E-state index contributed by atoms with van der Waals surface area (Å²) >= 11 is 0. The van der Waals surface area contributed by atoms with Crippen LogP contribution in [0.3, 0.4) is 0 Å². The largest absolute Gasteiger partial charge is 0.508 e. The highest BCUT2D eigenvalue weighted by molar-refractivity contribution is 6.01. The first-order valence-electron chi connectivity index (χ1n) is 7.35. The van der Waals surface area contributed by atoms with Crippen molar-refractivity contribution in [3.05, 3.63) is 72.9 Å². The van der Waals surface area contributed by atoms with E-state index < -0.39 is 0 Å². The summed E-state index contributed by atoms with van der Waals surface area (Å²) < 4.78 is 0. The SMILES string of the molecule is O=C(Nc1ccccc1)Nc1cccnc1Nc1ccc(O)cc1. The van der Waals surface area contributed by atoms with Crippen molar-refractivity contribution in [3.8, 4) is 5.75 Å². The summed E-state index contributed by atoms with van der Waals surface area (Å²) in [7, 11) is 0. The first-order valence-corrected chi connectivity index (χ1v) is 7.35. The summed E-state index contributed by atoms with van der Waals surface area (Å²) in [5.41, 5.74) is 1.99. The van der Waals surface area contributed by atoms with Gasteiger partial charge in [0.25, 0.3) is 0 Å². The van der Waals surface area contributed by atoms with Crippen LogP contribution >= 0.6 is 0 Å². The molecule has 3 rings (SSSR count). The topological polar surface area (TPSA) is 86.3 Å². The summed E-state index contributed by atoms with van der Waals surface area (Å²) in [6, 6.07) is 18.9. The van der Waals surface area contributed by atoms with Gasteiger partial charge < -0.3 is 21.1 Å². The van der Waals surface area contributed by atoms with E-state index in [2.05, 4.69) is 20.9 Å². The van der Waals surface area contributed by atoms with Crippen molar-refractivity contribution in [2.75, 3.05) is 16.0 Å². The number of carbonyl (C=O) groups is 1. The molecule has 3 aromatic rings. The molecule has 0 unspecified atom stereocenters. The number of hydrogen-bond donors (Lipinski definition) is 4. The average Bonchev–Trinajstić information content (AvgIpc) is 2.59. The Bertz CT molecular complexity index is 820. The summed E-state index contributed by atoms with van der Waals surface area (Å²) in [6.45, 7) is 0. The van der Waals surface area contributed by atoms with E-state index in [1.807, 2.05) is 18.2 Å². The molecule has 1 heterocycles. The van der Waals surface area contributed by atoms with Crippen molar-refractivity contribution < 1.29 is 9.90 Å². The number of anilines is 4. The average molecular weight is 320 g/mol. The summed E-state index contributed by atoms with van der Waals surface area (Å²) in [6.07, 6.45) is 1.63. The molecule has 6 nitrogen and oxygen atoms in total. The van der Waals surface area contributed by atoms with Crippen LogP contribution in [-0.4, -0.2) is 16.1 Å². The third-order valence-electron chi connectivity index (χ3n) is 3.22. The Morgan fingerprint density at radius 3 is 2.33 bits per heavy atom. The predicted octanol–water partition coefficient (Wildman–Crippen LogP) is 4.17. The lowest BCUT2D eigenvalue weighted by molar-refractivity contribution is 0.262. The first-order chi connectivity index (χ1) is 11.7. The highest BCUT2D eigenvalue weighted by Gasteiger charge is 2.08. The maximum absolute atomic E-state index is 12.1. The van der Waals surface area contributed by atoms with Crippen LogP contribution in [0.15, 0.2) is 72.9 Å². The Kier molecular flexibility index (Phi) is 4.57. The number of carbonyl (C=O) groups excluding carboxylic acids is 1. The van der Waals surface area contributed by atoms with E-state index in [1.165, 1.54) is 0 Å². The lowest BCUT2D eigenvalue weighted by Crippen LogP contribution is -2.20. The summed E-state index contributed by atoms with van der Waals surface area (Å²) in [5, 5.41) is 17.9. The number of para-hydroxylation sites is 1. The fourth-order valence-electron chi connectivity index (χ4n) is 2.09. The van der Waals surface area contributed by atoms with Gasteiger partial charge >= 0.3 is 6.03 Å². The van der Waals surface area contributed by atoms with Gasteiger partial charge in [-0.1, -0.05) is 18.2 Å². The Hall–Kier alpha value is -3.54. The molecule has 24 heavy (non-hydrogen) atoms. The summed E-state index contributed by atoms with van der Waals surface area (Å²) in [4.78, 5) is 16.4. The van der Waals surface area contributed by atoms with Gasteiger partial charge in [-0.2, -0.15) is 0 Å². The number of aromatic nitrogens is 1. The molecule has 0 aliphatic heterocycles. The zero-order valence-electron chi connectivity index (χ0n) is 12.7. The first kappa shape index (κ1) is 15.4. The highest BCUT2D eigenvalue weighted by atomic mass is 16.3. The van der Waals surface area contributed by atoms with Crippen LogP contribution in [0.4, 0.5) is 27.7 Å². The van der Waals surface area contributed by atoms with E-state index in [1.54, 1.807) is 54.7 Å². The van der Waals surface area contributed by atoms with Crippen molar-refractivity contribution in [2.45, 2.75) is 0 Å². The Morgan fingerprint density at radius 2 is 1.58 bits per heavy atom. The molecular weight excluding hydrogens is 304 g/mol. The van der Waals surface area contributed by atoms with Crippen LogP contribution in [0, 0.1) is 0 Å². The Labute approximate surface area is 139 Å². The summed E-state index contributed by atoms with van der Waals surface area (Å²) in [5.74, 6) is 0.688. The molecule has 0 bridgehead atoms. The number of phenolic OH excluding ortho intramolecular Hbond substituents is 1. The molecule has 4 N–H and O–H groups in total. The second-order valence-corrected chi connectivity index (χ2v) is 5.02. The minimum Gasteiger partial charge on any atom is -0.508 e. The normalized spacial score (nSPS) is 10.0. The lowest BCUT2D eigenvalue weighted by Gasteiger charge is -2.12. The van der Waals surface area contributed by atoms with E-state index in [-0.39, 0.29) is 11.8 Å². The third-order valence-corrected chi connectivity index (χ3v) is 3.22. The smallest absolute Gasteiger partial charge is 0.323 e. The van der Waals surface area contributed by atoms with E-state index in [9.17, 15) is 9.90 Å². The van der Waals surface area contributed by atoms with Crippen molar-refractivity contribution in [1.29, 1.82) is 0 Å². The van der Waals surface area contributed by atoms with Crippen LogP contribution in [0.5, 0.6) is 5.75 Å². The zero-order chi connectivity index (χ0) is 16.8. The number of phenols is 1. The highest BCUT2D eigenvalue weighted by Crippen LogP contribution is 2.24. The molecule has 0 atom stereocenters. The number of rotatable bonds is 4. The Balaban J connectivity index is 1.71. The van der Waals surface area contributed by atoms with Gasteiger partial charge in [-0.15, -0.1) is 0 Å². The van der Waals surface area contributed by atoms with E-state index in [0.717, 1.165) is 5.69 Å². The molecule has 1 aromatic heterocycles. The zero-order valence-corrected chi connectivity index (χ0v) is 12.7. The van der Waals surface area contributed by atoms with Crippen molar-refractivity contribution in [1.82, 2.24) is 4.98 Å². The van der Waals surface area contributed by atoms with Gasteiger partial charge in [-0.05, 0) is 48.5 Å². The number of nitrogens with one attached hydrogen (secondary N) is 3. The number of urea groups is 1. The van der Waals surface area contributed by atoms with Gasteiger partial charge in [0, 0.05) is 17.6 Å². The number of amides is 2. The molecule has 0 fully saturated rings. The second kappa shape index (κ2) is 7.15. The number of pyridine rings is 1. The van der Waals surface area contributed by atoms with E-state index in [4.69, 9.17) is 0 Å². The quantitative estimate of drug-likeness (QED) is 0.543. The maximum Gasteiger partial charge on any atom is 0.323 e. The van der Waals surface area contributed by atoms with Crippen molar-refractivity contribution in [2.24, 2.45) is 0 Å². The predicted molar refractivity (Wildman–Crippen MR) is 94.7 cm³/mol. The van der Waals surface area contributed by atoms with Gasteiger partial charge in [0.15, 0.2) is 5.82 Å². The fraction of sp³-hybridized carbons (Fsp3) is 0. The Morgan fingerprint density at radius 1 is 0.833 bits per heavy atom. The van der Waals surface area contributed by atoms with Gasteiger partial charge in [0.1, 0.15) is 5.75 Å². The molecule has 2 aromatic carbocycles. The van der Waals surface area contributed by atoms with Crippen LogP contribution < -0.4 is 16.0 Å². The van der Waals surface area contributed by atoms with Crippen LogP contribution in [-0.2, 0) is 0 Å². The molecule has 0 radical (unpaired) electrons. The monoisotopic (exact) mass is 320 g/mol. The van der Waals surface area contributed by atoms with Gasteiger partial charge in [-0.3, -0.25) is 0 Å². The van der Waals surface area contributed by atoms with Crippen molar-refractivity contribution >= 4 is 28.9 Å². The molecule has 2 amide bonds. The molecule has 0 aliphatic carbocycles. The van der Waals surface area contributed by atoms with Crippen LogP contribution in [0.2, 0.25) is 0 Å². The van der Waals surface area contributed by atoms with Crippen LogP contribution in [0.25, 0.3) is 0 Å². The number of benzene rings is 2. The van der Waals surface area contributed by atoms with Gasteiger partial charge in [0.05, 0.1) is 5.69 Å². The van der Waals surface area contributed by atoms with Crippen LogP contribution in [0.1, 0.15) is 0 Å². The van der Waals surface area contributed by atoms with E-state index >= 15 is 0 Å². The van der Waals surface area contributed by atoms with Gasteiger partial charge in [-0.25, -0.2) is 9.78 Å². The minimum absolute atomic E-state index is 0.183. The third kappa shape index (κ3) is 4.01. The fourth-order valence-corrected chi connectivity index (χ4v) is 2.09. The molecule has 0 spiro atoms. The lowest BCUT2D eigenvalue weighted by atomic mass is 10.3. The van der Waals surface area contributed by atoms with Crippen molar-refractivity contribution in [3.63, 3.8) is 0 Å². The molecule has 6 heteroatoms. The maximum atomic E-state index is 12.1. The molecular formula is C18H16N4O2. The number of nitrogens with zero attached hydrogens (tertiary/aromatic N) is 1. The van der Waals surface area contributed by atoms with Gasteiger partial charge in [0.2, 0.25) is 0 Å². The minimum atomic E-state index is -0.358. The molecule has 0 saturated carbocycles. The molecule has 0 saturated heterocycles. The number of aromatic hydroxyl groups is 1. The molecule has 0 aliphatic rings. The second-order valence-electron chi connectivity index (χ2n) is 5.02. The molecule has 120 valence electrons.